The molecule has 16 heavy (non-hydrogen) atoms. The van der Waals surface area contributed by atoms with Crippen LogP contribution in [0.4, 0.5) is 5.82 Å². The number of carbonyl (C=O) groups excluding carboxylic acids is 1. The van der Waals surface area contributed by atoms with Crippen molar-refractivity contribution in [2.45, 2.75) is 18.9 Å². The highest BCUT2D eigenvalue weighted by Crippen LogP contribution is 2.18. The van der Waals surface area contributed by atoms with Crippen molar-refractivity contribution in [3.8, 4) is 0 Å². The lowest BCUT2D eigenvalue weighted by Gasteiger charge is -2.31. The number of aromatic nitrogens is 2. The van der Waals surface area contributed by atoms with E-state index in [1.807, 2.05) is 0 Å². The van der Waals surface area contributed by atoms with Crippen LogP contribution in [0.1, 0.15) is 23.3 Å². The zero-order valence-electron chi connectivity index (χ0n) is 9.30. The second-order valence-electron chi connectivity index (χ2n) is 3.84. The number of carbonyl (C=O) groups is 1. The number of hydrogen-bond donors (Lipinski definition) is 0. The first kappa shape index (κ1) is 11.0. The lowest BCUT2D eigenvalue weighted by Crippen LogP contribution is -2.37. The minimum atomic E-state index is 0.360. The first-order valence-corrected chi connectivity index (χ1v) is 5.38. The van der Waals surface area contributed by atoms with Gasteiger partial charge in [0, 0.05) is 20.2 Å². The van der Waals surface area contributed by atoms with E-state index < -0.39 is 0 Å². The smallest absolute Gasteiger partial charge is 0.170 e. The van der Waals surface area contributed by atoms with Gasteiger partial charge in [-0.15, -0.1) is 0 Å². The Kier molecular flexibility index (Phi) is 3.46. The summed E-state index contributed by atoms with van der Waals surface area (Å²) in [5.74, 6) is 0.833. The van der Waals surface area contributed by atoms with E-state index in [9.17, 15) is 4.79 Å². The molecule has 1 fully saturated rings. The highest BCUT2D eigenvalue weighted by Gasteiger charge is 2.19. The molecule has 1 aromatic rings. The number of nitrogens with zero attached hydrogens (tertiary/aromatic N) is 3. The molecule has 0 atom stereocenters. The summed E-state index contributed by atoms with van der Waals surface area (Å²) in [6, 6.07) is 0. The standard InChI is InChI=1S/C11H15N3O2/c1-16-10-2-4-14(5-3-10)11-7-12-9(8-15)6-13-11/h6-8,10H,2-5H2,1H3. The molecular formula is C11H15N3O2. The molecule has 0 spiro atoms. The maximum Gasteiger partial charge on any atom is 0.170 e. The number of methoxy groups -OCH3 is 1. The normalized spacial score (nSPS) is 17.4. The van der Waals surface area contributed by atoms with Crippen LogP contribution in [0.15, 0.2) is 12.4 Å². The van der Waals surface area contributed by atoms with Gasteiger partial charge in [-0.05, 0) is 12.8 Å². The van der Waals surface area contributed by atoms with Gasteiger partial charge in [0.15, 0.2) is 6.29 Å². The number of aldehydes is 1. The van der Waals surface area contributed by atoms with Gasteiger partial charge in [-0.25, -0.2) is 9.97 Å². The molecule has 1 aromatic heterocycles. The van der Waals surface area contributed by atoms with Gasteiger partial charge in [0.05, 0.1) is 18.5 Å². The molecule has 0 aromatic carbocycles. The molecule has 1 aliphatic heterocycles. The maximum absolute atomic E-state index is 10.4. The van der Waals surface area contributed by atoms with Crippen LogP contribution < -0.4 is 4.90 Å². The van der Waals surface area contributed by atoms with Crippen molar-refractivity contribution in [3.63, 3.8) is 0 Å². The number of rotatable bonds is 3. The second-order valence-corrected chi connectivity index (χ2v) is 3.84. The van der Waals surface area contributed by atoms with Crippen LogP contribution in [-0.4, -0.2) is 42.6 Å². The maximum atomic E-state index is 10.4. The van der Waals surface area contributed by atoms with E-state index in [1.165, 1.54) is 6.20 Å². The SMILES string of the molecule is COC1CCN(c2cnc(C=O)cn2)CC1. The van der Waals surface area contributed by atoms with Crippen LogP contribution in [-0.2, 0) is 4.74 Å². The predicted molar refractivity (Wildman–Crippen MR) is 59.7 cm³/mol. The van der Waals surface area contributed by atoms with Crippen molar-refractivity contribution in [1.29, 1.82) is 0 Å². The van der Waals surface area contributed by atoms with E-state index in [-0.39, 0.29) is 0 Å². The number of ether oxygens (including phenoxy) is 1. The molecule has 0 N–H and O–H groups in total. The molecule has 0 amide bonds. The summed E-state index contributed by atoms with van der Waals surface area (Å²) in [7, 11) is 1.75. The molecule has 5 heteroatoms. The van der Waals surface area contributed by atoms with Gasteiger partial charge >= 0.3 is 0 Å². The third kappa shape index (κ3) is 2.36. The zero-order chi connectivity index (χ0) is 11.4. The van der Waals surface area contributed by atoms with Crippen molar-refractivity contribution in [3.05, 3.63) is 18.1 Å². The summed E-state index contributed by atoms with van der Waals surface area (Å²) in [5, 5.41) is 0. The summed E-state index contributed by atoms with van der Waals surface area (Å²) in [6.07, 6.45) is 6.23. The van der Waals surface area contributed by atoms with E-state index in [0.717, 1.165) is 31.7 Å². The van der Waals surface area contributed by atoms with Crippen LogP contribution in [0.5, 0.6) is 0 Å². The fourth-order valence-corrected chi connectivity index (χ4v) is 1.88. The number of hydrogen-bond acceptors (Lipinski definition) is 5. The Hall–Kier alpha value is -1.49. The molecule has 0 saturated carbocycles. The topological polar surface area (TPSA) is 55.3 Å². The van der Waals surface area contributed by atoms with Gasteiger partial charge in [0.2, 0.25) is 0 Å². The van der Waals surface area contributed by atoms with E-state index in [4.69, 9.17) is 4.74 Å². The molecule has 0 aliphatic carbocycles. The van der Waals surface area contributed by atoms with Gasteiger partial charge in [-0.3, -0.25) is 4.79 Å². The molecular weight excluding hydrogens is 206 g/mol. The molecule has 1 saturated heterocycles. The van der Waals surface area contributed by atoms with Crippen LogP contribution in [0.25, 0.3) is 0 Å². The Morgan fingerprint density at radius 1 is 1.38 bits per heavy atom. The summed E-state index contributed by atoms with van der Waals surface area (Å²) in [5.41, 5.74) is 0.371. The molecule has 0 unspecified atom stereocenters. The van der Waals surface area contributed by atoms with E-state index in [1.54, 1.807) is 13.3 Å². The largest absolute Gasteiger partial charge is 0.381 e. The average molecular weight is 221 g/mol. The zero-order valence-corrected chi connectivity index (χ0v) is 9.30. The average Bonchev–Trinajstić information content (AvgIpc) is 2.39. The lowest BCUT2D eigenvalue weighted by molar-refractivity contribution is 0.0818. The van der Waals surface area contributed by atoms with E-state index in [0.29, 0.717) is 18.1 Å². The Morgan fingerprint density at radius 3 is 2.62 bits per heavy atom. The van der Waals surface area contributed by atoms with Crippen LogP contribution in [0, 0.1) is 0 Å². The Morgan fingerprint density at radius 2 is 2.12 bits per heavy atom. The molecule has 86 valence electrons. The van der Waals surface area contributed by atoms with Gasteiger partial charge in [0.25, 0.3) is 0 Å². The molecule has 2 rings (SSSR count). The molecule has 5 nitrogen and oxygen atoms in total. The first-order valence-electron chi connectivity index (χ1n) is 5.38. The molecule has 1 aliphatic rings. The monoisotopic (exact) mass is 221 g/mol. The highest BCUT2D eigenvalue weighted by atomic mass is 16.5. The summed E-state index contributed by atoms with van der Waals surface area (Å²) >= 11 is 0. The van der Waals surface area contributed by atoms with Gasteiger partial charge in [0.1, 0.15) is 11.5 Å². The third-order valence-corrected chi connectivity index (χ3v) is 2.88. The van der Waals surface area contributed by atoms with Crippen molar-refractivity contribution >= 4 is 12.1 Å². The van der Waals surface area contributed by atoms with Crippen molar-refractivity contribution in [2.75, 3.05) is 25.1 Å². The summed E-state index contributed by atoms with van der Waals surface area (Å²) in [4.78, 5) is 20.8. The minimum absolute atomic E-state index is 0.360. The first-order chi connectivity index (χ1) is 7.83. The van der Waals surface area contributed by atoms with Crippen molar-refractivity contribution in [1.82, 2.24) is 9.97 Å². The number of anilines is 1. The third-order valence-electron chi connectivity index (χ3n) is 2.88. The quantitative estimate of drug-likeness (QED) is 0.710. The van der Waals surface area contributed by atoms with E-state index in [2.05, 4.69) is 14.9 Å². The van der Waals surface area contributed by atoms with Crippen molar-refractivity contribution in [2.24, 2.45) is 0 Å². The molecule has 0 radical (unpaired) electrons. The number of piperidine rings is 1. The Balaban J connectivity index is 1.99. The summed E-state index contributed by atoms with van der Waals surface area (Å²) in [6.45, 7) is 1.85. The summed E-state index contributed by atoms with van der Waals surface area (Å²) < 4.78 is 5.30. The molecule has 0 bridgehead atoms. The van der Waals surface area contributed by atoms with Crippen LogP contribution in [0.3, 0.4) is 0 Å². The Labute approximate surface area is 94.5 Å². The van der Waals surface area contributed by atoms with Crippen LogP contribution >= 0.6 is 0 Å². The molecule has 2 heterocycles. The van der Waals surface area contributed by atoms with Crippen molar-refractivity contribution < 1.29 is 9.53 Å². The fourth-order valence-electron chi connectivity index (χ4n) is 1.88. The van der Waals surface area contributed by atoms with E-state index >= 15 is 0 Å². The van der Waals surface area contributed by atoms with Gasteiger partial charge < -0.3 is 9.64 Å². The van der Waals surface area contributed by atoms with Crippen LogP contribution in [0.2, 0.25) is 0 Å². The second kappa shape index (κ2) is 5.03. The Bertz CT molecular complexity index is 345. The highest BCUT2D eigenvalue weighted by molar-refractivity contribution is 5.71. The van der Waals surface area contributed by atoms with Gasteiger partial charge in [-0.1, -0.05) is 0 Å². The lowest BCUT2D eigenvalue weighted by atomic mass is 10.1. The predicted octanol–water partition coefficient (Wildman–Crippen LogP) is 0.904. The fraction of sp³-hybridized carbons (Fsp3) is 0.545. The minimum Gasteiger partial charge on any atom is -0.381 e. The van der Waals surface area contributed by atoms with Gasteiger partial charge in [-0.2, -0.15) is 0 Å².